The molecule has 0 fully saturated rings. The van der Waals surface area contributed by atoms with Crippen molar-refractivity contribution in [1.82, 2.24) is 15.6 Å². The Labute approximate surface area is 222 Å². The molecule has 0 radical (unpaired) electrons. The Morgan fingerprint density at radius 2 is 1.95 bits per heavy atom. The summed E-state index contributed by atoms with van der Waals surface area (Å²) in [5, 5.41) is 19.6. The van der Waals surface area contributed by atoms with Crippen molar-refractivity contribution in [3.63, 3.8) is 0 Å². The smallest absolute Gasteiger partial charge is 0.407 e. The number of aromatic nitrogens is 1. The SMILES string of the molecule is CC(C)[C@@H]1Nc2cc(Oc3ccnc4cc(CNC(=O)OC(C)(C)C)ccc34)ccc2C[C@@H](CO)NC1=O. The molecule has 4 N–H and O–H groups in total. The lowest BCUT2D eigenvalue weighted by Gasteiger charge is -2.30. The predicted molar refractivity (Wildman–Crippen MR) is 146 cm³/mol. The Bertz CT molecular complexity index is 1320. The van der Waals surface area contributed by atoms with Crippen molar-refractivity contribution in [2.45, 2.75) is 65.3 Å². The predicted octanol–water partition coefficient (Wildman–Crippen LogP) is 4.52. The third-order valence-electron chi connectivity index (χ3n) is 6.21. The number of nitrogens with one attached hydrogen (secondary N) is 3. The van der Waals surface area contributed by atoms with E-state index < -0.39 is 17.7 Å². The van der Waals surface area contributed by atoms with Crippen molar-refractivity contribution in [3.8, 4) is 11.5 Å². The minimum absolute atomic E-state index is 0.0491. The molecule has 9 nitrogen and oxygen atoms in total. The Hall–Kier alpha value is -3.85. The zero-order chi connectivity index (χ0) is 27.4. The number of aliphatic hydroxyl groups is 1. The van der Waals surface area contributed by atoms with Gasteiger partial charge in [0.1, 0.15) is 23.1 Å². The second-order valence-electron chi connectivity index (χ2n) is 10.9. The maximum Gasteiger partial charge on any atom is 0.407 e. The van der Waals surface area contributed by atoms with Crippen LogP contribution in [0.3, 0.4) is 0 Å². The molecule has 2 amide bonds. The number of fused-ring (bicyclic) bond motifs is 2. The minimum atomic E-state index is -0.561. The van der Waals surface area contributed by atoms with Crippen molar-refractivity contribution < 1.29 is 24.2 Å². The molecule has 1 aliphatic rings. The normalized spacial score (nSPS) is 17.6. The van der Waals surface area contributed by atoms with E-state index in [0.717, 1.165) is 27.7 Å². The molecule has 2 aromatic carbocycles. The monoisotopic (exact) mass is 520 g/mol. The van der Waals surface area contributed by atoms with Gasteiger partial charge in [-0.1, -0.05) is 26.0 Å². The van der Waals surface area contributed by atoms with Gasteiger partial charge in [0.15, 0.2) is 0 Å². The number of hydrogen-bond donors (Lipinski definition) is 4. The van der Waals surface area contributed by atoms with Crippen LogP contribution in [0.5, 0.6) is 11.5 Å². The molecule has 3 aromatic rings. The van der Waals surface area contributed by atoms with Crippen LogP contribution in [0, 0.1) is 5.92 Å². The second kappa shape index (κ2) is 11.3. The van der Waals surface area contributed by atoms with Gasteiger partial charge in [0, 0.05) is 29.9 Å². The fraction of sp³-hybridized carbons (Fsp3) is 0.414. The lowest BCUT2D eigenvalue weighted by atomic mass is 9.97. The first kappa shape index (κ1) is 27.2. The van der Waals surface area contributed by atoms with E-state index in [0.29, 0.717) is 24.5 Å². The van der Waals surface area contributed by atoms with Gasteiger partial charge >= 0.3 is 6.09 Å². The molecule has 0 bridgehead atoms. The fourth-order valence-corrected chi connectivity index (χ4v) is 4.33. The number of pyridine rings is 1. The third-order valence-corrected chi connectivity index (χ3v) is 6.21. The van der Waals surface area contributed by atoms with E-state index in [9.17, 15) is 14.7 Å². The zero-order valence-electron chi connectivity index (χ0n) is 22.5. The van der Waals surface area contributed by atoms with Crippen LogP contribution in [-0.2, 0) is 22.5 Å². The largest absolute Gasteiger partial charge is 0.457 e. The van der Waals surface area contributed by atoms with Gasteiger partial charge in [0.2, 0.25) is 5.91 Å². The topological polar surface area (TPSA) is 122 Å². The summed E-state index contributed by atoms with van der Waals surface area (Å²) in [6.45, 7) is 9.60. The summed E-state index contributed by atoms with van der Waals surface area (Å²) in [5.41, 5.74) is 2.86. The van der Waals surface area contributed by atoms with Crippen LogP contribution >= 0.6 is 0 Å². The summed E-state index contributed by atoms with van der Waals surface area (Å²) in [6.07, 6.45) is 1.71. The first-order chi connectivity index (χ1) is 18.0. The molecule has 0 spiro atoms. The summed E-state index contributed by atoms with van der Waals surface area (Å²) >= 11 is 0. The van der Waals surface area contributed by atoms with Crippen LogP contribution in [0.1, 0.15) is 45.7 Å². The number of benzene rings is 2. The number of hydrogen-bond acceptors (Lipinski definition) is 7. The first-order valence-corrected chi connectivity index (χ1v) is 12.9. The van der Waals surface area contributed by atoms with E-state index in [4.69, 9.17) is 9.47 Å². The van der Waals surface area contributed by atoms with Crippen LogP contribution in [-0.4, -0.2) is 46.4 Å². The van der Waals surface area contributed by atoms with E-state index in [2.05, 4.69) is 20.9 Å². The average molecular weight is 521 g/mol. The number of aliphatic hydroxyl groups excluding tert-OH is 1. The van der Waals surface area contributed by atoms with E-state index >= 15 is 0 Å². The number of nitrogens with zero attached hydrogens (tertiary/aromatic N) is 1. The van der Waals surface area contributed by atoms with E-state index in [1.165, 1.54) is 0 Å². The van der Waals surface area contributed by atoms with Gasteiger partial charge < -0.3 is 30.5 Å². The number of amides is 2. The molecule has 2 atom stereocenters. The standard InChI is InChI=1S/C29H36N4O5/c1-17(2)26-27(35)32-20(16-34)13-19-7-8-21(14-23(19)33-26)37-25-10-11-30-24-12-18(6-9-22(24)25)15-31-28(36)38-29(3,4)5/h6-12,14,17,20,26,33-34H,13,15-16H2,1-5H3,(H,31,36)(H,32,35)/t20-,26-/m0/s1. The maximum absolute atomic E-state index is 12.7. The number of carbonyl (C=O) groups excluding carboxylic acids is 2. The van der Waals surface area contributed by atoms with E-state index in [1.807, 2.05) is 71.0 Å². The third kappa shape index (κ3) is 6.72. The molecule has 4 rings (SSSR count). The molecule has 0 unspecified atom stereocenters. The van der Waals surface area contributed by atoms with Gasteiger partial charge in [0.05, 0.1) is 18.2 Å². The van der Waals surface area contributed by atoms with Crippen molar-refractivity contribution in [2.75, 3.05) is 11.9 Å². The Morgan fingerprint density at radius 1 is 1.16 bits per heavy atom. The summed E-state index contributed by atoms with van der Waals surface area (Å²) in [7, 11) is 0. The molecular formula is C29H36N4O5. The Balaban J connectivity index is 1.55. The van der Waals surface area contributed by atoms with Crippen LogP contribution in [0.4, 0.5) is 10.5 Å². The van der Waals surface area contributed by atoms with Gasteiger partial charge in [0.25, 0.3) is 0 Å². The minimum Gasteiger partial charge on any atom is -0.457 e. The lowest BCUT2D eigenvalue weighted by molar-refractivity contribution is -0.123. The van der Waals surface area contributed by atoms with Crippen molar-refractivity contribution in [1.29, 1.82) is 0 Å². The van der Waals surface area contributed by atoms with Crippen molar-refractivity contribution in [3.05, 3.63) is 59.8 Å². The molecule has 38 heavy (non-hydrogen) atoms. The Kier molecular flexibility index (Phi) is 8.06. The van der Waals surface area contributed by atoms with E-state index in [-0.39, 0.29) is 24.5 Å². The van der Waals surface area contributed by atoms with Gasteiger partial charge in [-0.25, -0.2) is 4.79 Å². The van der Waals surface area contributed by atoms with Crippen molar-refractivity contribution >= 4 is 28.6 Å². The fourth-order valence-electron chi connectivity index (χ4n) is 4.33. The van der Waals surface area contributed by atoms with Gasteiger partial charge in [-0.3, -0.25) is 9.78 Å². The molecule has 1 aliphatic heterocycles. The molecule has 0 saturated heterocycles. The highest BCUT2D eigenvalue weighted by atomic mass is 16.6. The molecule has 9 heteroatoms. The highest BCUT2D eigenvalue weighted by Gasteiger charge is 2.28. The van der Waals surface area contributed by atoms with E-state index in [1.54, 1.807) is 12.3 Å². The van der Waals surface area contributed by atoms with Gasteiger partial charge in [-0.2, -0.15) is 0 Å². The average Bonchev–Trinajstić information content (AvgIpc) is 2.84. The Morgan fingerprint density at radius 3 is 2.66 bits per heavy atom. The second-order valence-corrected chi connectivity index (χ2v) is 10.9. The molecule has 0 saturated carbocycles. The highest BCUT2D eigenvalue weighted by molar-refractivity contribution is 5.87. The molecule has 2 heterocycles. The summed E-state index contributed by atoms with van der Waals surface area (Å²) in [6, 6.07) is 12.5. The highest BCUT2D eigenvalue weighted by Crippen LogP contribution is 2.33. The quantitative estimate of drug-likeness (QED) is 0.377. The maximum atomic E-state index is 12.7. The zero-order valence-corrected chi connectivity index (χ0v) is 22.5. The summed E-state index contributed by atoms with van der Waals surface area (Å²) in [5.74, 6) is 1.17. The number of rotatable bonds is 6. The van der Waals surface area contributed by atoms with Gasteiger partial charge in [-0.05, 0) is 68.5 Å². The van der Waals surface area contributed by atoms with Gasteiger partial charge in [-0.15, -0.1) is 0 Å². The summed E-state index contributed by atoms with van der Waals surface area (Å²) < 4.78 is 11.6. The number of anilines is 1. The molecular weight excluding hydrogens is 484 g/mol. The van der Waals surface area contributed by atoms with Crippen LogP contribution < -0.4 is 20.7 Å². The number of carbonyl (C=O) groups is 2. The molecule has 202 valence electrons. The summed E-state index contributed by atoms with van der Waals surface area (Å²) in [4.78, 5) is 29.2. The first-order valence-electron chi connectivity index (χ1n) is 12.9. The van der Waals surface area contributed by atoms with Crippen LogP contribution in [0.2, 0.25) is 0 Å². The van der Waals surface area contributed by atoms with Crippen LogP contribution in [0.15, 0.2) is 48.7 Å². The number of alkyl carbamates (subject to hydrolysis) is 1. The molecule has 0 aliphatic carbocycles. The molecule has 1 aromatic heterocycles. The lowest BCUT2D eigenvalue weighted by Crippen LogP contribution is -2.50. The van der Waals surface area contributed by atoms with Crippen LogP contribution in [0.25, 0.3) is 10.9 Å². The van der Waals surface area contributed by atoms with Crippen molar-refractivity contribution in [2.24, 2.45) is 5.92 Å². The number of ether oxygens (including phenoxy) is 2.